The number of carbonyl (C=O) groups excluding carboxylic acids is 2. The van der Waals surface area contributed by atoms with Crippen LogP contribution in [-0.4, -0.2) is 102 Å². The van der Waals surface area contributed by atoms with Crippen LogP contribution in [0, 0.1) is 0 Å². The Kier molecular flexibility index (Phi) is 8.05. The summed E-state index contributed by atoms with van der Waals surface area (Å²) in [6, 6.07) is 7.79. The summed E-state index contributed by atoms with van der Waals surface area (Å²) < 4.78 is 7.74. The molecule has 2 aliphatic rings. The van der Waals surface area contributed by atoms with Crippen LogP contribution in [0.15, 0.2) is 30.4 Å². The van der Waals surface area contributed by atoms with Gasteiger partial charge in [0.05, 0.1) is 1.37 Å². The molecule has 1 aromatic carbocycles. The second-order valence-electron chi connectivity index (χ2n) is 8.89. The lowest BCUT2D eigenvalue weighted by Crippen LogP contribution is -2.55. The zero-order valence-corrected chi connectivity index (χ0v) is 20.0. The summed E-state index contributed by atoms with van der Waals surface area (Å²) in [5, 5.41) is 0.909. The van der Waals surface area contributed by atoms with Crippen LogP contribution in [0.25, 0.3) is 10.9 Å². The van der Waals surface area contributed by atoms with E-state index in [0.717, 1.165) is 56.6 Å². The number of halogens is 1. The Hall–Kier alpha value is -2.09. The first-order valence-corrected chi connectivity index (χ1v) is 11.5. The first-order valence-electron chi connectivity index (χ1n) is 12.0. The van der Waals surface area contributed by atoms with E-state index in [1.807, 2.05) is 17.9 Å². The number of amides is 2. The molecule has 7 nitrogen and oxygen atoms in total. The van der Waals surface area contributed by atoms with Crippen molar-refractivity contribution in [3.63, 3.8) is 0 Å². The molecule has 2 saturated heterocycles. The first-order chi connectivity index (χ1) is 15.4. The Morgan fingerprint density at radius 3 is 2.53 bits per heavy atom. The van der Waals surface area contributed by atoms with Crippen LogP contribution in [0.1, 0.15) is 37.9 Å². The van der Waals surface area contributed by atoms with Gasteiger partial charge in [0.2, 0.25) is 5.91 Å². The largest absolute Gasteiger partial charge is 0.361 e. The number of hydrogen-bond acceptors (Lipinski definition) is 4. The molecule has 0 unspecified atom stereocenters. The van der Waals surface area contributed by atoms with E-state index >= 15 is 0 Å². The number of H-pyrrole nitrogens is 1. The SMILES string of the molecule is Cl.[2H]c1cc2ccc(C(=O)N(CCC)CC(=O)N3CCN(C4CCN(C)CC4)CC3)cc2[nH]1. The highest BCUT2D eigenvalue weighted by Crippen LogP contribution is 2.19. The molecule has 3 heterocycles. The number of carbonyl (C=O) groups is 2. The number of piperazine rings is 1. The van der Waals surface area contributed by atoms with Crippen LogP contribution < -0.4 is 0 Å². The van der Waals surface area contributed by atoms with Gasteiger partial charge in [-0.2, -0.15) is 0 Å². The molecule has 8 heteroatoms. The van der Waals surface area contributed by atoms with Gasteiger partial charge in [0.1, 0.15) is 6.54 Å². The van der Waals surface area contributed by atoms with Crippen LogP contribution in [0.3, 0.4) is 0 Å². The number of hydrogen-bond donors (Lipinski definition) is 1. The van der Waals surface area contributed by atoms with Gasteiger partial charge in [-0.05, 0) is 63.0 Å². The average Bonchev–Trinajstić information content (AvgIpc) is 3.18. The van der Waals surface area contributed by atoms with Crippen molar-refractivity contribution < 1.29 is 11.0 Å². The van der Waals surface area contributed by atoms with Crippen molar-refractivity contribution >= 4 is 35.1 Å². The fourth-order valence-corrected chi connectivity index (χ4v) is 4.78. The Balaban J connectivity index is 0.00000306. The zero-order valence-electron chi connectivity index (χ0n) is 20.2. The van der Waals surface area contributed by atoms with Crippen molar-refractivity contribution in [2.24, 2.45) is 0 Å². The predicted octanol–water partition coefficient (Wildman–Crippen LogP) is 2.68. The van der Waals surface area contributed by atoms with Gasteiger partial charge >= 0.3 is 0 Å². The van der Waals surface area contributed by atoms with E-state index in [1.54, 1.807) is 23.1 Å². The number of fused-ring (bicyclic) bond motifs is 1. The molecule has 176 valence electrons. The molecule has 2 fully saturated rings. The maximum absolute atomic E-state index is 13.2. The lowest BCUT2D eigenvalue weighted by molar-refractivity contribution is -0.134. The smallest absolute Gasteiger partial charge is 0.254 e. The van der Waals surface area contributed by atoms with Gasteiger partial charge in [-0.15, -0.1) is 12.4 Å². The highest BCUT2D eigenvalue weighted by atomic mass is 35.5. The Morgan fingerprint density at radius 2 is 1.84 bits per heavy atom. The number of rotatable bonds is 6. The van der Waals surface area contributed by atoms with E-state index in [9.17, 15) is 9.59 Å². The second kappa shape index (κ2) is 11.2. The van der Waals surface area contributed by atoms with Crippen LogP contribution in [0.5, 0.6) is 0 Å². The minimum absolute atomic E-state index is 0. The number of likely N-dealkylation sites (tertiary alicyclic amines) is 1. The second-order valence-corrected chi connectivity index (χ2v) is 8.89. The Labute approximate surface area is 198 Å². The van der Waals surface area contributed by atoms with E-state index in [-0.39, 0.29) is 30.8 Å². The Bertz CT molecular complexity index is 951. The van der Waals surface area contributed by atoms with Gasteiger partial charge in [-0.3, -0.25) is 14.5 Å². The van der Waals surface area contributed by atoms with Crippen LogP contribution in [0.2, 0.25) is 0 Å². The van der Waals surface area contributed by atoms with Crippen molar-refractivity contribution in [2.45, 2.75) is 32.2 Å². The maximum atomic E-state index is 13.2. The average molecular weight is 463 g/mol. The third-order valence-electron chi connectivity index (χ3n) is 6.71. The summed E-state index contributed by atoms with van der Waals surface area (Å²) in [7, 11) is 2.18. The number of aromatic amines is 1. The molecule has 2 aliphatic heterocycles. The monoisotopic (exact) mass is 462 g/mol. The molecule has 0 spiro atoms. The lowest BCUT2D eigenvalue weighted by atomic mass is 10.0. The molecule has 0 radical (unpaired) electrons. The maximum Gasteiger partial charge on any atom is 0.254 e. The van der Waals surface area contributed by atoms with Crippen molar-refractivity contribution in [1.82, 2.24) is 24.6 Å². The van der Waals surface area contributed by atoms with Gasteiger partial charge < -0.3 is 19.7 Å². The molecule has 0 saturated carbocycles. The van der Waals surface area contributed by atoms with Crippen molar-refractivity contribution in [1.29, 1.82) is 0 Å². The summed E-state index contributed by atoms with van der Waals surface area (Å²) in [5.74, 6) is -0.0996. The third kappa shape index (κ3) is 5.63. The van der Waals surface area contributed by atoms with Crippen molar-refractivity contribution in [2.75, 3.05) is 59.4 Å². The minimum Gasteiger partial charge on any atom is -0.361 e. The molecular formula is C24H36ClN5O2. The summed E-state index contributed by atoms with van der Waals surface area (Å²) in [6.07, 6.45) is 3.53. The fourth-order valence-electron chi connectivity index (χ4n) is 4.78. The van der Waals surface area contributed by atoms with E-state index in [0.29, 0.717) is 24.3 Å². The summed E-state index contributed by atoms with van der Waals surface area (Å²) >= 11 is 0. The van der Waals surface area contributed by atoms with E-state index in [1.165, 1.54) is 12.8 Å². The fraction of sp³-hybridized carbons (Fsp3) is 0.583. The van der Waals surface area contributed by atoms with Gasteiger partial charge in [-0.1, -0.05) is 13.0 Å². The number of aromatic nitrogens is 1. The molecule has 32 heavy (non-hydrogen) atoms. The molecule has 1 aromatic heterocycles. The normalized spacial score (nSPS) is 18.9. The highest BCUT2D eigenvalue weighted by Gasteiger charge is 2.29. The van der Waals surface area contributed by atoms with Crippen LogP contribution in [-0.2, 0) is 4.79 Å². The predicted molar refractivity (Wildman–Crippen MR) is 130 cm³/mol. The van der Waals surface area contributed by atoms with E-state index in [4.69, 9.17) is 1.37 Å². The number of nitrogens with zero attached hydrogens (tertiary/aromatic N) is 4. The summed E-state index contributed by atoms with van der Waals surface area (Å²) in [4.78, 5) is 37.7. The topological polar surface area (TPSA) is 62.9 Å². The first kappa shape index (κ1) is 23.1. The van der Waals surface area contributed by atoms with Gasteiger partial charge in [0, 0.05) is 56.0 Å². The van der Waals surface area contributed by atoms with Gasteiger partial charge in [-0.25, -0.2) is 0 Å². The van der Waals surface area contributed by atoms with Crippen molar-refractivity contribution in [3.8, 4) is 0 Å². The van der Waals surface area contributed by atoms with Gasteiger partial charge in [0.15, 0.2) is 0 Å². The Morgan fingerprint density at radius 1 is 1.12 bits per heavy atom. The standard InChI is InChI=1S/C24H35N5O2.ClH/c1-3-10-29(24(31)20-5-4-19-6-9-25-22(19)17-20)18-23(30)28-15-13-27(14-16-28)21-7-11-26(2)12-8-21;/h4-6,9,17,21,25H,3,7-8,10-16,18H2,1-2H3;1H/i9D;. The minimum atomic E-state index is -0.131. The summed E-state index contributed by atoms with van der Waals surface area (Å²) in [6.45, 7) is 8.29. The molecule has 4 rings (SSSR count). The van der Waals surface area contributed by atoms with Crippen molar-refractivity contribution in [3.05, 3.63) is 36.0 Å². The van der Waals surface area contributed by atoms with E-state index < -0.39 is 0 Å². The zero-order chi connectivity index (χ0) is 22.7. The van der Waals surface area contributed by atoms with Crippen LogP contribution >= 0.6 is 12.4 Å². The third-order valence-corrected chi connectivity index (χ3v) is 6.71. The molecule has 0 atom stereocenters. The number of piperidine rings is 1. The molecule has 0 aliphatic carbocycles. The highest BCUT2D eigenvalue weighted by molar-refractivity contribution is 5.99. The quantitative estimate of drug-likeness (QED) is 0.716. The molecule has 2 aromatic rings. The molecule has 1 N–H and O–H groups in total. The lowest BCUT2D eigenvalue weighted by Gasteiger charge is -2.42. The van der Waals surface area contributed by atoms with Crippen LogP contribution in [0.4, 0.5) is 0 Å². The number of nitrogens with one attached hydrogen (secondary N) is 1. The van der Waals surface area contributed by atoms with Gasteiger partial charge in [0.25, 0.3) is 5.91 Å². The molecule has 2 amide bonds. The molecular weight excluding hydrogens is 426 g/mol. The summed E-state index contributed by atoms with van der Waals surface area (Å²) in [5.41, 5.74) is 1.32. The molecule has 0 bridgehead atoms. The van der Waals surface area contributed by atoms with E-state index in [2.05, 4.69) is 21.8 Å². The number of benzene rings is 1.